The lowest BCUT2D eigenvalue weighted by Gasteiger charge is -2.00. The van der Waals surface area contributed by atoms with Crippen LogP contribution in [0.1, 0.15) is 16.1 Å². The molecule has 0 bridgehead atoms. The van der Waals surface area contributed by atoms with Crippen LogP contribution in [0.2, 0.25) is 0 Å². The zero-order valence-corrected chi connectivity index (χ0v) is 6.59. The zero-order valence-electron chi connectivity index (χ0n) is 6.59. The molecule has 0 spiro atoms. The molecule has 0 fully saturated rings. The van der Waals surface area contributed by atoms with Gasteiger partial charge in [0, 0.05) is 13.2 Å². The molecule has 0 saturated heterocycles. The molecule has 0 saturated carbocycles. The number of aryl methyl sites for hydroxylation is 1. The maximum atomic E-state index is 11.1. The molecule has 0 unspecified atom stereocenters. The van der Waals surface area contributed by atoms with E-state index in [0.29, 0.717) is 5.69 Å². The van der Waals surface area contributed by atoms with Crippen LogP contribution in [0.3, 0.4) is 0 Å². The second-order valence-corrected chi connectivity index (χ2v) is 2.25. The number of hydrogen-bond acceptors (Lipinski definition) is 2. The van der Waals surface area contributed by atoms with Gasteiger partial charge in [-0.15, -0.1) is 0 Å². The summed E-state index contributed by atoms with van der Waals surface area (Å²) in [6, 6.07) is 3.67. The number of carbonyl (C=O) groups excluding carboxylic acids is 1. The number of amides is 1. The predicted octanol–water partition coefficient (Wildman–Crippen LogP) is 0.750. The summed E-state index contributed by atoms with van der Waals surface area (Å²) in [5.41, 5.74) is 1.39. The fourth-order valence-electron chi connectivity index (χ4n) is 0.842. The van der Waals surface area contributed by atoms with Gasteiger partial charge in [0.2, 0.25) is 0 Å². The Morgan fingerprint density at radius 2 is 2.36 bits per heavy atom. The van der Waals surface area contributed by atoms with Crippen LogP contribution in [0.4, 0.5) is 0 Å². The third-order valence-corrected chi connectivity index (χ3v) is 1.45. The highest BCUT2D eigenvalue weighted by Gasteiger charge is 2.05. The Hall–Kier alpha value is -1.38. The monoisotopic (exact) mass is 150 g/mol. The number of rotatable bonds is 1. The summed E-state index contributed by atoms with van der Waals surface area (Å²) in [4.78, 5) is 15.0. The molecule has 0 aliphatic rings. The highest BCUT2D eigenvalue weighted by atomic mass is 16.1. The fourth-order valence-corrected chi connectivity index (χ4v) is 0.842. The van der Waals surface area contributed by atoms with Crippen LogP contribution in [0, 0.1) is 6.92 Å². The van der Waals surface area contributed by atoms with Crippen LogP contribution >= 0.6 is 0 Å². The van der Waals surface area contributed by atoms with Crippen molar-refractivity contribution in [3.63, 3.8) is 0 Å². The molecule has 1 N–H and O–H groups in total. The molecule has 3 nitrogen and oxygen atoms in total. The molecule has 58 valence electrons. The van der Waals surface area contributed by atoms with Crippen molar-refractivity contribution in [1.82, 2.24) is 10.3 Å². The van der Waals surface area contributed by atoms with E-state index in [-0.39, 0.29) is 5.91 Å². The van der Waals surface area contributed by atoms with Gasteiger partial charge in [0.15, 0.2) is 0 Å². The minimum absolute atomic E-state index is 0.136. The summed E-state index contributed by atoms with van der Waals surface area (Å²) in [7, 11) is 1.59. The molecule has 11 heavy (non-hydrogen) atoms. The number of carbonyl (C=O) groups is 1. The van der Waals surface area contributed by atoms with Crippen molar-refractivity contribution >= 4 is 5.91 Å². The second-order valence-electron chi connectivity index (χ2n) is 2.25. The molecule has 0 aliphatic heterocycles. The minimum Gasteiger partial charge on any atom is -0.354 e. The van der Waals surface area contributed by atoms with Crippen molar-refractivity contribution in [3.8, 4) is 0 Å². The highest BCUT2D eigenvalue weighted by Crippen LogP contribution is 2.01. The maximum absolute atomic E-state index is 11.1. The van der Waals surface area contributed by atoms with E-state index in [1.54, 1.807) is 13.2 Å². The summed E-state index contributed by atoms with van der Waals surface area (Å²) in [6.07, 6.45) is 1.61. The van der Waals surface area contributed by atoms with Gasteiger partial charge in [-0.2, -0.15) is 0 Å². The van der Waals surface area contributed by atoms with Crippen molar-refractivity contribution in [2.75, 3.05) is 7.05 Å². The largest absolute Gasteiger partial charge is 0.354 e. The molecule has 1 rings (SSSR count). The molecular weight excluding hydrogens is 140 g/mol. The van der Waals surface area contributed by atoms with Crippen molar-refractivity contribution in [1.29, 1.82) is 0 Å². The smallest absolute Gasteiger partial charge is 0.269 e. The molecule has 0 atom stereocenters. The Morgan fingerprint density at radius 3 is 2.91 bits per heavy atom. The van der Waals surface area contributed by atoms with Gasteiger partial charge in [-0.3, -0.25) is 9.78 Å². The molecule has 1 amide bonds. The Bertz CT molecular complexity index is 271. The number of pyridine rings is 1. The van der Waals surface area contributed by atoms with Gasteiger partial charge in [-0.25, -0.2) is 0 Å². The Labute approximate surface area is 65.5 Å². The van der Waals surface area contributed by atoms with Gasteiger partial charge in [0.05, 0.1) is 0 Å². The van der Waals surface area contributed by atoms with E-state index in [4.69, 9.17) is 0 Å². The second kappa shape index (κ2) is 3.14. The zero-order chi connectivity index (χ0) is 8.27. The number of aromatic nitrogens is 1. The molecular formula is C8H10N2O. The van der Waals surface area contributed by atoms with E-state index in [0.717, 1.165) is 5.56 Å². The van der Waals surface area contributed by atoms with Gasteiger partial charge >= 0.3 is 0 Å². The van der Waals surface area contributed by atoms with Crippen LogP contribution in [-0.4, -0.2) is 17.9 Å². The summed E-state index contributed by atoms with van der Waals surface area (Å²) in [6.45, 7) is 1.86. The first-order valence-corrected chi connectivity index (χ1v) is 3.39. The quantitative estimate of drug-likeness (QED) is 0.641. The first-order valence-electron chi connectivity index (χ1n) is 3.39. The van der Waals surface area contributed by atoms with E-state index in [1.165, 1.54) is 0 Å². The van der Waals surface area contributed by atoms with E-state index < -0.39 is 0 Å². The summed E-state index contributed by atoms with van der Waals surface area (Å²) in [5.74, 6) is -0.136. The third kappa shape index (κ3) is 1.55. The Kier molecular flexibility index (Phi) is 2.21. The van der Waals surface area contributed by atoms with Crippen molar-refractivity contribution in [2.24, 2.45) is 0 Å². The van der Waals surface area contributed by atoms with Crippen LogP contribution in [0.15, 0.2) is 18.3 Å². The van der Waals surface area contributed by atoms with Crippen LogP contribution < -0.4 is 5.32 Å². The van der Waals surface area contributed by atoms with Crippen molar-refractivity contribution < 1.29 is 4.79 Å². The van der Waals surface area contributed by atoms with Crippen LogP contribution in [-0.2, 0) is 0 Å². The standard InChI is InChI=1S/C8H10N2O/c1-6-4-3-5-10-7(6)8(11)9-2/h3-5H,1-2H3,(H,9,11). The Morgan fingerprint density at radius 1 is 1.64 bits per heavy atom. The summed E-state index contributed by atoms with van der Waals surface area (Å²) < 4.78 is 0. The molecule has 1 aromatic heterocycles. The van der Waals surface area contributed by atoms with Gasteiger partial charge in [0.1, 0.15) is 5.69 Å². The lowest BCUT2D eigenvalue weighted by atomic mass is 10.2. The topological polar surface area (TPSA) is 42.0 Å². The van der Waals surface area contributed by atoms with Gasteiger partial charge < -0.3 is 5.32 Å². The van der Waals surface area contributed by atoms with E-state index in [2.05, 4.69) is 10.3 Å². The van der Waals surface area contributed by atoms with Gasteiger partial charge in [0.25, 0.3) is 5.91 Å². The van der Waals surface area contributed by atoms with Crippen LogP contribution in [0.25, 0.3) is 0 Å². The number of nitrogens with one attached hydrogen (secondary N) is 1. The normalized spacial score (nSPS) is 9.27. The maximum Gasteiger partial charge on any atom is 0.269 e. The molecule has 1 heterocycles. The van der Waals surface area contributed by atoms with E-state index in [1.807, 2.05) is 19.1 Å². The fraction of sp³-hybridized carbons (Fsp3) is 0.250. The predicted molar refractivity (Wildman–Crippen MR) is 42.4 cm³/mol. The first kappa shape index (κ1) is 7.72. The van der Waals surface area contributed by atoms with E-state index in [9.17, 15) is 4.79 Å². The summed E-state index contributed by atoms with van der Waals surface area (Å²) >= 11 is 0. The van der Waals surface area contributed by atoms with Gasteiger partial charge in [-0.1, -0.05) is 6.07 Å². The molecule has 3 heteroatoms. The summed E-state index contributed by atoms with van der Waals surface area (Å²) in [5, 5.41) is 2.52. The first-order chi connectivity index (χ1) is 5.25. The average molecular weight is 150 g/mol. The average Bonchev–Trinajstić information content (AvgIpc) is 2.04. The number of hydrogen-bond donors (Lipinski definition) is 1. The molecule has 1 aromatic rings. The Balaban J connectivity index is 3.03. The van der Waals surface area contributed by atoms with E-state index >= 15 is 0 Å². The van der Waals surface area contributed by atoms with Crippen molar-refractivity contribution in [3.05, 3.63) is 29.6 Å². The molecule has 0 aromatic carbocycles. The molecule has 0 radical (unpaired) electrons. The lowest BCUT2D eigenvalue weighted by molar-refractivity contribution is 0.0957. The molecule has 0 aliphatic carbocycles. The third-order valence-electron chi connectivity index (χ3n) is 1.45. The van der Waals surface area contributed by atoms with Crippen LogP contribution in [0.5, 0.6) is 0 Å². The number of nitrogens with zero attached hydrogens (tertiary/aromatic N) is 1. The SMILES string of the molecule is CNC(=O)c1ncccc1C. The highest BCUT2D eigenvalue weighted by molar-refractivity contribution is 5.93. The van der Waals surface area contributed by atoms with Crippen molar-refractivity contribution in [2.45, 2.75) is 6.92 Å². The lowest BCUT2D eigenvalue weighted by Crippen LogP contribution is -2.20. The van der Waals surface area contributed by atoms with Gasteiger partial charge in [-0.05, 0) is 18.6 Å². The minimum atomic E-state index is -0.136.